The minimum atomic E-state index is -0.560. The van der Waals surface area contributed by atoms with Crippen molar-refractivity contribution >= 4 is 11.6 Å². The van der Waals surface area contributed by atoms with Crippen LogP contribution in [0.3, 0.4) is 0 Å². The molecule has 0 aliphatic rings. The molecule has 2 aromatic carbocycles. The Morgan fingerprint density at radius 2 is 1.50 bits per heavy atom. The predicted octanol–water partition coefficient (Wildman–Crippen LogP) is 5.34. The summed E-state index contributed by atoms with van der Waals surface area (Å²) in [6.07, 6.45) is -0.560. The lowest BCUT2D eigenvalue weighted by Crippen LogP contribution is -2.30. The third kappa shape index (κ3) is 4.60. The van der Waals surface area contributed by atoms with Crippen LogP contribution in [-0.2, 0) is 4.79 Å². The Balaban J connectivity index is 2.02. The van der Waals surface area contributed by atoms with Crippen molar-refractivity contribution < 1.29 is 9.53 Å². The zero-order valence-electron chi connectivity index (χ0n) is 15.2. The van der Waals surface area contributed by atoms with Gasteiger partial charge in [0, 0.05) is 5.69 Å². The molecule has 0 aromatic heterocycles. The summed E-state index contributed by atoms with van der Waals surface area (Å²) >= 11 is 0. The molecule has 0 bridgehead atoms. The van der Waals surface area contributed by atoms with Gasteiger partial charge in [0.2, 0.25) is 0 Å². The molecule has 2 rings (SSSR count). The number of ether oxygens (including phenoxy) is 1. The van der Waals surface area contributed by atoms with Gasteiger partial charge in [-0.2, -0.15) is 0 Å². The minimum Gasteiger partial charge on any atom is -0.481 e. The maximum absolute atomic E-state index is 12.4. The first-order valence-corrected chi connectivity index (χ1v) is 8.55. The summed E-state index contributed by atoms with van der Waals surface area (Å²) in [6.45, 7) is 10.3. The van der Waals surface area contributed by atoms with Crippen LogP contribution in [0.5, 0.6) is 5.75 Å². The molecule has 128 valence electrons. The fourth-order valence-corrected chi connectivity index (χ4v) is 2.50. The second-order valence-corrected chi connectivity index (χ2v) is 6.72. The van der Waals surface area contributed by atoms with Crippen LogP contribution in [0.4, 0.5) is 5.69 Å². The number of nitrogens with one attached hydrogen (secondary N) is 1. The molecule has 0 radical (unpaired) electrons. The molecule has 0 fully saturated rings. The van der Waals surface area contributed by atoms with Gasteiger partial charge in [-0.05, 0) is 48.1 Å². The lowest BCUT2D eigenvalue weighted by Gasteiger charge is -2.19. The summed E-state index contributed by atoms with van der Waals surface area (Å²) in [5.41, 5.74) is 3.15. The van der Waals surface area contributed by atoms with Gasteiger partial charge < -0.3 is 10.1 Å². The standard InChI is InChI=1S/C21H27NO2/c1-14(2)17-10-12-18(13-11-17)22-21(23)16(5)24-20-9-7-6-8-19(20)15(3)4/h6-16H,1-5H3,(H,22,23). The molecule has 3 nitrogen and oxygen atoms in total. The Bertz CT molecular complexity index is 674. The average Bonchev–Trinajstić information content (AvgIpc) is 2.55. The van der Waals surface area contributed by atoms with Crippen LogP contribution >= 0.6 is 0 Å². The fourth-order valence-electron chi connectivity index (χ4n) is 2.50. The van der Waals surface area contributed by atoms with Crippen molar-refractivity contribution in [2.75, 3.05) is 5.32 Å². The summed E-state index contributed by atoms with van der Waals surface area (Å²) in [6, 6.07) is 15.8. The molecule has 24 heavy (non-hydrogen) atoms. The summed E-state index contributed by atoms with van der Waals surface area (Å²) in [5, 5.41) is 2.91. The second-order valence-electron chi connectivity index (χ2n) is 6.72. The first-order chi connectivity index (χ1) is 11.4. The van der Waals surface area contributed by atoms with E-state index >= 15 is 0 Å². The molecule has 1 atom stereocenters. The molecule has 1 amide bonds. The average molecular weight is 325 g/mol. The van der Waals surface area contributed by atoms with Crippen molar-refractivity contribution in [2.45, 2.75) is 52.6 Å². The highest BCUT2D eigenvalue weighted by atomic mass is 16.5. The highest BCUT2D eigenvalue weighted by molar-refractivity contribution is 5.94. The summed E-state index contributed by atoms with van der Waals surface area (Å²) in [7, 11) is 0. The quantitative estimate of drug-likeness (QED) is 0.778. The van der Waals surface area contributed by atoms with Gasteiger partial charge in [0.15, 0.2) is 6.10 Å². The van der Waals surface area contributed by atoms with Gasteiger partial charge in [-0.3, -0.25) is 4.79 Å². The molecule has 1 unspecified atom stereocenters. The second kappa shape index (κ2) is 8.00. The molecule has 0 saturated carbocycles. The van der Waals surface area contributed by atoms with Crippen LogP contribution < -0.4 is 10.1 Å². The van der Waals surface area contributed by atoms with E-state index in [1.807, 2.05) is 48.5 Å². The van der Waals surface area contributed by atoms with Crippen LogP contribution in [0, 0.1) is 0 Å². The summed E-state index contributed by atoms with van der Waals surface area (Å²) < 4.78 is 5.89. The third-order valence-electron chi connectivity index (χ3n) is 4.06. The Kier molecular flexibility index (Phi) is 6.02. The van der Waals surface area contributed by atoms with Crippen molar-refractivity contribution in [2.24, 2.45) is 0 Å². The number of hydrogen-bond donors (Lipinski definition) is 1. The monoisotopic (exact) mass is 325 g/mol. The van der Waals surface area contributed by atoms with Crippen molar-refractivity contribution in [1.82, 2.24) is 0 Å². The first-order valence-electron chi connectivity index (χ1n) is 8.55. The van der Waals surface area contributed by atoms with E-state index in [0.29, 0.717) is 11.8 Å². The van der Waals surface area contributed by atoms with Gasteiger partial charge in [0.1, 0.15) is 5.75 Å². The number of carbonyl (C=O) groups excluding carboxylic acids is 1. The lowest BCUT2D eigenvalue weighted by molar-refractivity contribution is -0.122. The highest BCUT2D eigenvalue weighted by Crippen LogP contribution is 2.27. The van der Waals surface area contributed by atoms with Gasteiger partial charge in [0.25, 0.3) is 5.91 Å². The predicted molar refractivity (Wildman–Crippen MR) is 99.8 cm³/mol. The number of carbonyl (C=O) groups is 1. The topological polar surface area (TPSA) is 38.3 Å². The summed E-state index contributed by atoms with van der Waals surface area (Å²) in [5.74, 6) is 1.45. The van der Waals surface area contributed by atoms with E-state index in [9.17, 15) is 4.79 Å². The molecule has 0 spiro atoms. The fraction of sp³-hybridized carbons (Fsp3) is 0.381. The van der Waals surface area contributed by atoms with E-state index < -0.39 is 6.10 Å². The first kappa shape index (κ1) is 18.1. The zero-order valence-corrected chi connectivity index (χ0v) is 15.2. The number of rotatable bonds is 6. The van der Waals surface area contributed by atoms with E-state index in [1.165, 1.54) is 5.56 Å². The maximum atomic E-state index is 12.4. The molecule has 0 aliphatic heterocycles. The Morgan fingerprint density at radius 3 is 2.08 bits per heavy atom. The number of amides is 1. The van der Waals surface area contributed by atoms with E-state index in [4.69, 9.17) is 4.74 Å². The van der Waals surface area contributed by atoms with Crippen LogP contribution in [0.2, 0.25) is 0 Å². The zero-order chi connectivity index (χ0) is 17.7. The Morgan fingerprint density at radius 1 is 0.875 bits per heavy atom. The number of para-hydroxylation sites is 1. The molecule has 1 N–H and O–H groups in total. The lowest BCUT2D eigenvalue weighted by atomic mass is 10.0. The maximum Gasteiger partial charge on any atom is 0.265 e. The van der Waals surface area contributed by atoms with Gasteiger partial charge in [-0.1, -0.05) is 58.0 Å². The minimum absolute atomic E-state index is 0.147. The third-order valence-corrected chi connectivity index (χ3v) is 4.06. The number of benzene rings is 2. The van der Waals surface area contributed by atoms with Crippen molar-refractivity contribution in [3.63, 3.8) is 0 Å². The van der Waals surface area contributed by atoms with Gasteiger partial charge in [-0.15, -0.1) is 0 Å². The normalized spacial score (nSPS) is 12.3. The molecule has 2 aromatic rings. The van der Waals surface area contributed by atoms with Crippen LogP contribution in [0.25, 0.3) is 0 Å². The summed E-state index contributed by atoms with van der Waals surface area (Å²) in [4.78, 5) is 12.4. The number of hydrogen-bond acceptors (Lipinski definition) is 2. The Labute approximate surface area is 145 Å². The number of anilines is 1. The van der Waals surface area contributed by atoms with E-state index in [0.717, 1.165) is 17.0 Å². The van der Waals surface area contributed by atoms with E-state index in [1.54, 1.807) is 6.92 Å². The molecule has 0 heterocycles. The Hall–Kier alpha value is -2.29. The van der Waals surface area contributed by atoms with Crippen LogP contribution in [0.1, 0.15) is 57.6 Å². The molecular formula is C21H27NO2. The van der Waals surface area contributed by atoms with Gasteiger partial charge in [-0.25, -0.2) is 0 Å². The van der Waals surface area contributed by atoms with Crippen molar-refractivity contribution in [3.05, 3.63) is 59.7 Å². The highest BCUT2D eigenvalue weighted by Gasteiger charge is 2.17. The largest absolute Gasteiger partial charge is 0.481 e. The van der Waals surface area contributed by atoms with Gasteiger partial charge in [0.05, 0.1) is 0 Å². The van der Waals surface area contributed by atoms with Crippen LogP contribution in [-0.4, -0.2) is 12.0 Å². The van der Waals surface area contributed by atoms with Crippen molar-refractivity contribution in [1.29, 1.82) is 0 Å². The molecule has 3 heteroatoms. The molecule has 0 aliphatic carbocycles. The smallest absolute Gasteiger partial charge is 0.265 e. The van der Waals surface area contributed by atoms with E-state index in [2.05, 4.69) is 33.0 Å². The van der Waals surface area contributed by atoms with E-state index in [-0.39, 0.29) is 5.91 Å². The molecular weight excluding hydrogens is 298 g/mol. The SMILES string of the molecule is CC(Oc1ccccc1C(C)C)C(=O)Nc1ccc(C(C)C)cc1. The molecule has 0 saturated heterocycles. The van der Waals surface area contributed by atoms with Crippen LogP contribution in [0.15, 0.2) is 48.5 Å². The van der Waals surface area contributed by atoms with Gasteiger partial charge >= 0.3 is 0 Å². The van der Waals surface area contributed by atoms with Crippen molar-refractivity contribution in [3.8, 4) is 5.75 Å².